The minimum Gasteiger partial charge on any atom is -0.315 e. The van der Waals surface area contributed by atoms with Gasteiger partial charge in [0.05, 0.1) is 6.54 Å². The lowest BCUT2D eigenvalue weighted by atomic mass is 10.6. The number of aromatic nitrogens is 4. The van der Waals surface area contributed by atoms with Crippen molar-refractivity contribution in [2.75, 3.05) is 30.9 Å². The van der Waals surface area contributed by atoms with Crippen LogP contribution in [0.3, 0.4) is 0 Å². The number of tetrazole rings is 1. The van der Waals surface area contributed by atoms with Crippen LogP contribution >= 0.6 is 23.5 Å². The number of hydrogen-bond acceptors (Lipinski definition) is 6. The second-order valence-corrected chi connectivity index (χ2v) is 5.28. The van der Waals surface area contributed by atoms with Crippen LogP contribution in [0.4, 0.5) is 0 Å². The molecule has 5 nitrogen and oxygen atoms in total. The molecule has 0 fully saturated rings. The summed E-state index contributed by atoms with van der Waals surface area (Å²) >= 11 is 3.62. The fourth-order valence-electron chi connectivity index (χ4n) is 1.17. The minimum atomic E-state index is 0.839. The highest BCUT2D eigenvalue weighted by Crippen LogP contribution is 2.15. The van der Waals surface area contributed by atoms with Gasteiger partial charge in [0.25, 0.3) is 0 Å². The minimum absolute atomic E-state index is 0.839. The van der Waals surface area contributed by atoms with E-state index >= 15 is 0 Å². The van der Waals surface area contributed by atoms with Gasteiger partial charge in [-0.25, -0.2) is 4.68 Å². The van der Waals surface area contributed by atoms with Crippen molar-refractivity contribution in [3.63, 3.8) is 0 Å². The van der Waals surface area contributed by atoms with Crippen molar-refractivity contribution in [3.05, 3.63) is 0 Å². The molecule has 0 saturated heterocycles. The third kappa shape index (κ3) is 5.18. The summed E-state index contributed by atoms with van der Waals surface area (Å²) < 4.78 is 1.87. The third-order valence-electron chi connectivity index (χ3n) is 1.97. The molecule has 0 atom stereocenters. The van der Waals surface area contributed by atoms with Crippen molar-refractivity contribution in [3.8, 4) is 0 Å². The maximum Gasteiger partial charge on any atom is 0.209 e. The predicted molar refractivity (Wildman–Crippen MR) is 70.1 cm³/mol. The van der Waals surface area contributed by atoms with Crippen LogP contribution in [0.5, 0.6) is 0 Å². The second kappa shape index (κ2) is 8.83. The van der Waals surface area contributed by atoms with Gasteiger partial charge in [0.2, 0.25) is 5.16 Å². The largest absolute Gasteiger partial charge is 0.315 e. The molecule has 7 heteroatoms. The van der Waals surface area contributed by atoms with E-state index in [1.54, 1.807) is 11.8 Å². The Labute approximate surface area is 105 Å². The molecule has 0 radical (unpaired) electrons. The Hall–Kier alpha value is -0.270. The van der Waals surface area contributed by atoms with Crippen molar-refractivity contribution >= 4 is 23.5 Å². The lowest BCUT2D eigenvalue weighted by molar-refractivity contribution is 0.517. The average molecular weight is 261 g/mol. The summed E-state index contributed by atoms with van der Waals surface area (Å²) in [7, 11) is 0. The van der Waals surface area contributed by atoms with E-state index in [4.69, 9.17) is 0 Å². The van der Waals surface area contributed by atoms with E-state index in [2.05, 4.69) is 34.0 Å². The molecular weight excluding hydrogens is 242 g/mol. The third-order valence-corrected chi connectivity index (χ3v) is 3.71. The van der Waals surface area contributed by atoms with E-state index in [0.29, 0.717) is 0 Å². The van der Waals surface area contributed by atoms with Gasteiger partial charge in [-0.05, 0) is 35.4 Å². The molecule has 1 aromatic rings. The van der Waals surface area contributed by atoms with E-state index in [-0.39, 0.29) is 0 Å². The van der Waals surface area contributed by atoms with Crippen LogP contribution < -0.4 is 5.32 Å². The standard InChI is InChI=1S/C9H19N5S2/c1-3-10-5-6-14-9(11-12-13-14)16-8-4-7-15-2/h10H,3-8H2,1-2H3. The molecule has 92 valence electrons. The Bertz CT molecular complexity index is 279. The van der Waals surface area contributed by atoms with Crippen LogP contribution in [0.2, 0.25) is 0 Å². The Morgan fingerprint density at radius 2 is 2.25 bits per heavy atom. The second-order valence-electron chi connectivity index (χ2n) is 3.23. The van der Waals surface area contributed by atoms with Crippen LogP contribution in [0.1, 0.15) is 13.3 Å². The lowest BCUT2D eigenvalue weighted by Gasteiger charge is -2.04. The fraction of sp³-hybridized carbons (Fsp3) is 0.889. The summed E-state index contributed by atoms with van der Waals surface area (Å²) in [6.45, 7) is 4.83. The topological polar surface area (TPSA) is 55.6 Å². The zero-order valence-corrected chi connectivity index (χ0v) is 11.5. The lowest BCUT2D eigenvalue weighted by Crippen LogP contribution is -2.20. The maximum absolute atomic E-state index is 4.02. The Morgan fingerprint density at radius 3 is 3.00 bits per heavy atom. The van der Waals surface area contributed by atoms with Crippen LogP contribution in [0.15, 0.2) is 5.16 Å². The first-order valence-corrected chi connectivity index (χ1v) is 7.85. The van der Waals surface area contributed by atoms with Gasteiger partial charge in [0.1, 0.15) is 0 Å². The van der Waals surface area contributed by atoms with Crippen LogP contribution in [-0.4, -0.2) is 51.1 Å². The molecule has 1 heterocycles. The summed E-state index contributed by atoms with van der Waals surface area (Å²) in [5.41, 5.74) is 0. The highest BCUT2D eigenvalue weighted by atomic mass is 32.2. The highest BCUT2D eigenvalue weighted by molar-refractivity contribution is 7.99. The van der Waals surface area contributed by atoms with Crippen molar-refractivity contribution < 1.29 is 0 Å². The van der Waals surface area contributed by atoms with Gasteiger partial charge in [0.15, 0.2) is 0 Å². The summed E-state index contributed by atoms with van der Waals surface area (Å²) in [4.78, 5) is 0. The summed E-state index contributed by atoms with van der Waals surface area (Å²) in [6, 6.07) is 0. The first kappa shape index (κ1) is 13.8. The molecule has 0 saturated carbocycles. The van der Waals surface area contributed by atoms with Crippen molar-refractivity contribution in [2.24, 2.45) is 0 Å². The van der Waals surface area contributed by atoms with Crippen molar-refractivity contribution in [2.45, 2.75) is 25.0 Å². The van der Waals surface area contributed by atoms with Gasteiger partial charge in [-0.3, -0.25) is 0 Å². The van der Waals surface area contributed by atoms with Gasteiger partial charge in [0, 0.05) is 12.3 Å². The van der Waals surface area contributed by atoms with Gasteiger partial charge < -0.3 is 5.32 Å². The van der Waals surface area contributed by atoms with Gasteiger partial charge in [-0.1, -0.05) is 18.7 Å². The first-order chi connectivity index (χ1) is 7.88. The average Bonchev–Trinajstić information content (AvgIpc) is 2.73. The summed E-state index contributed by atoms with van der Waals surface area (Å²) in [5, 5.41) is 15.9. The number of hydrogen-bond donors (Lipinski definition) is 1. The van der Waals surface area contributed by atoms with E-state index in [1.165, 1.54) is 12.2 Å². The predicted octanol–water partition coefficient (Wildman–Crippen LogP) is 1.13. The molecule has 0 aliphatic carbocycles. The monoisotopic (exact) mass is 261 g/mol. The molecule has 0 aliphatic heterocycles. The number of thioether (sulfide) groups is 2. The smallest absolute Gasteiger partial charge is 0.209 e. The highest BCUT2D eigenvalue weighted by Gasteiger charge is 2.05. The normalized spacial score (nSPS) is 10.9. The van der Waals surface area contributed by atoms with E-state index in [0.717, 1.165) is 30.5 Å². The molecule has 16 heavy (non-hydrogen) atoms. The zero-order valence-electron chi connectivity index (χ0n) is 9.85. The van der Waals surface area contributed by atoms with E-state index in [9.17, 15) is 0 Å². The molecule has 0 aromatic carbocycles. The molecule has 1 rings (SSSR count). The fourth-order valence-corrected chi connectivity index (χ4v) is 2.63. The molecule has 0 unspecified atom stereocenters. The Morgan fingerprint density at radius 1 is 1.38 bits per heavy atom. The molecule has 1 N–H and O–H groups in total. The number of nitrogens with zero attached hydrogens (tertiary/aromatic N) is 4. The van der Waals surface area contributed by atoms with Crippen LogP contribution in [0.25, 0.3) is 0 Å². The van der Waals surface area contributed by atoms with Crippen LogP contribution in [0, 0.1) is 0 Å². The van der Waals surface area contributed by atoms with E-state index in [1.807, 2.05) is 16.4 Å². The molecule has 0 aliphatic rings. The quantitative estimate of drug-likeness (QED) is 0.531. The molecule has 0 bridgehead atoms. The molecule has 0 spiro atoms. The van der Waals surface area contributed by atoms with Crippen molar-refractivity contribution in [1.29, 1.82) is 0 Å². The van der Waals surface area contributed by atoms with Gasteiger partial charge >= 0.3 is 0 Å². The number of nitrogens with one attached hydrogen (secondary N) is 1. The van der Waals surface area contributed by atoms with Crippen LogP contribution in [-0.2, 0) is 6.54 Å². The number of likely N-dealkylation sites (N-methyl/N-ethyl adjacent to an activating group) is 1. The SMILES string of the molecule is CCNCCn1nnnc1SCCCSC. The van der Waals surface area contributed by atoms with Crippen molar-refractivity contribution in [1.82, 2.24) is 25.5 Å². The first-order valence-electron chi connectivity index (χ1n) is 5.47. The number of rotatable bonds is 9. The van der Waals surface area contributed by atoms with Gasteiger partial charge in [-0.15, -0.1) is 5.10 Å². The maximum atomic E-state index is 4.02. The van der Waals surface area contributed by atoms with Gasteiger partial charge in [-0.2, -0.15) is 11.8 Å². The summed E-state index contributed by atoms with van der Waals surface area (Å²) in [6.07, 6.45) is 3.33. The molecule has 0 amide bonds. The zero-order chi connectivity index (χ0) is 11.6. The Balaban J connectivity index is 2.26. The summed E-state index contributed by atoms with van der Waals surface area (Å²) in [5.74, 6) is 2.29. The molecule has 1 aromatic heterocycles. The molecular formula is C9H19N5S2. The Kier molecular flexibility index (Phi) is 7.62. The van der Waals surface area contributed by atoms with E-state index < -0.39 is 0 Å².